The van der Waals surface area contributed by atoms with Crippen LogP contribution in [0.15, 0.2) is 24.3 Å². The van der Waals surface area contributed by atoms with E-state index in [1.165, 1.54) is 12.1 Å². The molecule has 1 aromatic carbocycles. The van der Waals surface area contributed by atoms with Crippen LogP contribution in [0, 0.1) is 5.82 Å². The molecule has 5 heteroatoms. The van der Waals surface area contributed by atoms with E-state index in [0.717, 1.165) is 19.3 Å². The van der Waals surface area contributed by atoms with Crippen molar-refractivity contribution < 1.29 is 19.3 Å². The maximum atomic E-state index is 13.2. The van der Waals surface area contributed by atoms with Crippen molar-refractivity contribution in [3.8, 4) is 5.75 Å². The van der Waals surface area contributed by atoms with Crippen LogP contribution in [-0.4, -0.2) is 41.6 Å². The van der Waals surface area contributed by atoms with Gasteiger partial charge in [0.25, 0.3) is 0 Å². The van der Waals surface area contributed by atoms with Gasteiger partial charge in [0.05, 0.1) is 5.60 Å². The number of ether oxygens (including phenoxy) is 1. The fourth-order valence-electron chi connectivity index (χ4n) is 2.04. The largest absolute Gasteiger partial charge is 0.488 e. The lowest BCUT2D eigenvalue weighted by Gasteiger charge is -2.36. The molecule has 0 aliphatic heterocycles. The van der Waals surface area contributed by atoms with E-state index in [1.807, 2.05) is 0 Å². The van der Waals surface area contributed by atoms with Gasteiger partial charge in [-0.05, 0) is 31.4 Å². The number of para-hydroxylation sites is 1. The second-order valence-corrected chi connectivity index (χ2v) is 5.10. The van der Waals surface area contributed by atoms with Crippen LogP contribution in [-0.2, 0) is 0 Å². The Bertz CT molecular complexity index is 409. The summed E-state index contributed by atoms with van der Waals surface area (Å²) in [6, 6.07) is 6.09. The number of aliphatic hydroxyl groups is 2. The number of aliphatic hydroxyl groups excluding tert-OH is 1. The summed E-state index contributed by atoms with van der Waals surface area (Å²) in [6.07, 6.45) is 1.93. The van der Waals surface area contributed by atoms with E-state index in [2.05, 4.69) is 5.32 Å². The third-order valence-electron chi connectivity index (χ3n) is 3.39. The van der Waals surface area contributed by atoms with Crippen molar-refractivity contribution in [2.45, 2.75) is 31.0 Å². The first-order chi connectivity index (χ1) is 9.09. The van der Waals surface area contributed by atoms with Crippen LogP contribution in [0.1, 0.15) is 19.3 Å². The van der Waals surface area contributed by atoms with Crippen LogP contribution < -0.4 is 10.1 Å². The molecule has 1 aliphatic rings. The summed E-state index contributed by atoms with van der Waals surface area (Å²) in [5.41, 5.74) is -0.605. The zero-order valence-corrected chi connectivity index (χ0v) is 10.8. The van der Waals surface area contributed by atoms with Gasteiger partial charge in [-0.2, -0.15) is 0 Å². The molecular weight excluding hydrogens is 249 g/mol. The number of nitrogens with one attached hydrogen (secondary N) is 1. The molecule has 1 unspecified atom stereocenters. The van der Waals surface area contributed by atoms with Gasteiger partial charge in [-0.25, -0.2) is 4.39 Å². The average molecular weight is 269 g/mol. The summed E-state index contributed by atoms with van der Waals surface area (Å²) >= 11 is 0. The highest BCUT2D eigenvalue weighted by atomic mass is 19.1. The third kappa shape index (κ3) is 4.16. The first kappa shape index (κ1) is 14.2. The third-order valence-corrected chi connectivity index (χ3v) is 3.39. The first-order valence-corrected chi connectivity index (χ1v) is 6.58. The molecule has 3 N–H and O–H groups in total. The lowest BCUT2D eigenvalue weighted by molar-refractivity contribution is -0.0334. The van der Waals surface area contributed by atoms with Crippen molar-refractivity contribution in [1.82, 2.24) is 5.32 Å². The quantitative estimate of drug-likeness (QED) is 0.693. The Labute approximate surface area is 112 Å². The molecule has 2 rings (SSSR count). The zero-order valence-electron chi connectivity index (χ0n) is 10.8. The lowest BCUT2D eigenvalue weighted by Crippen LogP contribution is -2.48. The maximum Gasteiger partial charge on any atom is 0.165 e. The Morgan fingerprint density at radius 3 is 2.74 bits per heavy atom. The summed E-state index contributed by atoms with van der Waals surface area (Å²) in [5, 5.41) is 22.5. The van der Waals surface area contributed by atoms with E-state index in [0.29, 0.717) is 13.1 Å². The van der Waals surface area contributed by atoms with Crippen LogP contribution in [0.3, 0.4) is 0 Å². The van der Waals surface area contributed by atoms with Crippen molar-refractivity contribution in [2.24, 2.45) is 0 Å². The average Bonchev–Trinajstić information content (AvgIpc) is 2.36. The maximum absolute atomic E-state index is 13.2. The molecule has 0 saturated heterocycles. The van der Waals surface area contributed by atoms with Gasteiger partial charge >= 0.3 is 0 Å². The Morgan fingerprint density at radius 2 is 2.11 bits per heavy atom. The smallest absolute Gasteiger partial charge is 0.165 e. The molecule has 19 heavy (non-hydrogen) atoms. The molecule has 0 amide bonds. The van der Waals surface area contributed by atoms with Gasteiger partial charge in [0.1, 0.15) is 12.7 Å². The predicted octanol–water partition coefficient (Wildman–Crippen LogP) is 1.07. The molecule has 0 bridgehead atoms. The molecular formula is C14H20FNO3. The number of halogens is 1. The van der Waals surface area contributed by atoms with E-state index >= 15 is 0 Å². The van der Waals surface area contributed by atoms with E-state index in [-0.39, 0.29) is 12.4 Å². The number of hydrogen-bond acceptors (Lipinski definition) is 4. The van der Waals surface area contributed by atoms with Crippen molar-refractivity contribution in [2.75, 3.05) is 19.7 Å². The van der Waals surface area contributed by atoms with Gasteiger partial charge in [-0.3, -0.25) is 0 Å². The Balaban J connectivity index is 1.64. The molecule has 0 spiro atoms. The van der Waals surface area contributed by atoms with Crippen LogP contribution in [0.2, 0.25) is 0 Å². The molecule has 1 aromatic rings. The first-order valence-electron chi connectivity index (χ1n) is 6.58. The molecule has 1 aliphatic carbocycles. The van der Waals surface area contributed by atoms with Gasteiger partial charge in [0.2, 0.25) is 0 Å². The summed E-state index contributed by atoms with van der Waals surface area (Å²) in [4.78, 5) is 0. The van der Waals surface area contributed by atoms with E-state index < -0.39 is 17.5 Å². The highest BCUT2D eigenvalue weighted by molar-refractivity contribution is 5.23. The van der Waals surface area contributed by atoms with Gasteiger partial charge in [0.15, 0.2) is 11.6 Å². The summed E-state index contributed by atoms with van der Waals surface area (Å²) in [6.45, 7) is 0.812. The zero-order chi connectivity index (χ0) is 13.7. The molecule has 106 valence electrons. The van der Waals surface area contributed by atoms with Crippen LogP contribution >= 0.6 is 0 Å². The van der Waals surface area contributed by atoms with Crippen molar-refractivity contribution in [3.63, 3.8) is 0 Å². The summed E-state index contributed by atoms with van der Waals surface area (Å²) < 4.78 is 18.4. The Hall–Kier alpha value is -1.17. The monoisotopic (exact) mass is 269 g/mol. The predicted molar refractivity (Wildman–Crippen MR) is 69.6 cm³/mol. The standard InChI is InChI=1S/C14H20FNO3/c15-12-4-1-2-5-13(12)19-9-11(17)8-16-10-14(18)6-3-7-14/h1-2,4-5,11,16-18H,3,6-10H2. The van der Waals surface area contributed by atoms with Crippen molar-refractivity contribution in [3.05, 3.63) is 30.1 Å². The molecule has 4 nitrogen and oxygen atoms in total. The van der Waals surface area contributed by atoms with Crippen molar-refractivity contribution in [1.29, 1.82) is 0 Å². The summed E-state index contributed by atoms with van der Waals surface area (Å²) in [5.74, 6) is -0.300. The molecule has 1 saturated carbocycles. The molecule has 1 atom stereocenters. The topological polar surface area (TPSA) is 61.7 Å². The van der Waals surface area contributed by atoms with E-state index in [4.69, 9.17) is 4.74 Å². The SMILES string of the molecule is OC(CNCC1(O)CCC1)COc1ccccc1F. The van der Waals surface area contributed by atoms with Gasteiger partial charge in [-0.15, -0.1) is 0 Å². The van der Waals surface area contributed by atoms with Crippen molar-refractivity contribution >= 4 is 0 Å². The van der Waals surface area contributed by atoms with E-state index in [9.17, 15) is 14.6 Å². The van der Waals surface area contributed by atoms with Crippen LogP contribution in [0.4, 0.5) is 4.39 Å². The fourth-order valence-corrected chi connectivity index (χ4v) is 2.04. The minimum absolute atomic E-state index is 0.0202. The normalized spacial score (nSPS) is 18.7. The van der Waals surface area contributed by atoms with Crippen LogP contribution in [0.5, 0.6) is 5.75 Å². The fraction of sp³-hybridized carbons (Fsp3) is 0.571. The molecule has 0 heterocycles. The lowest BCUT2D eigenvalue weighted by atomic mass is 9.80. The molecule has 0 aromatic heterocycles. The van der Waals surface area contributed by atoms with Gasteiger partial charge in [0, 0.05) is 13.1 Å². The van der Waals surface area contributed by atoms with Gasteiger partial charge < -0.3 is 20.3 Å². The van der Waals surface area contributed by atoms with Gasteiger partial charge in [-0.1, -0.05) is 12.1 Å². The Kier molecular flexibility index (Phi) is 4.74. The molecule has 0 radical (unpaired) electrons. The van der Waals surface area contributed by atoms with E-state index in [1.54, 1.807) is 12.1 Å². The second kappa shape index (κ2) is 6.32. The minimum atomic E-state index is -0.733. The number of hydrogen-bond donors (Lipinski definition) is 3. The molecule has 1 fully saturated rings. The van der Waals surface area contributed by atoms with Crippen LogP contribution in [0.25, 0.3) is 0 Å². The number of benzene rings is 1. The highest BCUT2D eigenvalue weighted by Crippen LogP contribution is 2.30. The second-order valence-electron chi connectivity index (χ2n) is 5.10. The minimum Gasteiger partial charge on any atom is -0.488 e. The highest BCUT2D eigenvalue weighted by Gasteiger charge is 2.33. The number of rotatable bonds is 7. The summed E-state index contributed by atoms with van der Waals surface area (Å²) in [7, 11) is 0. The Morgan fingerprint density at radius 1 is 1.37 bits per heavy atom.